The van der Waals surface area contributed by atoms with E-state index in [2.05, 4.69) is 55.5 Å². The minimum absolute atomic E-state index is 0.272. The summed E-state index contributed by atoms with van der Waals surface area (Å²) in [7, 11) is 0. The summed E-state index contributed by atoms with van der Waals surface area (Å²) < 4.78 is 0. The zero-order valence-corrected chi connectivity index (χ0v) is 13.2. The quantitative estimate of drug-likeness (QED) is 0.318. The highest BCUT2D eigenvalue weighted by molar-refractivity contribution is 5.75. The monoisotopic (exact) mass is 274 g/mol. The molecule has 0 unspecified atom stereocenters. The van der Waals surface area contributed by atoms with Crippen LogP contribution < -0.4 is 0 Å². The molecule has 0 heterocycles. The van der Waals surface area contributed by atoms with Crippen LogP contribution in [0.1, 0.15) is 65.2 Å². The van der Waals surface area contributed by atoms with E-state index in [0.29, 0.717) is 6.42 Å². The molecular formula is C19H30O. The summed E-state index contributed by atoms with van der Waals surface area (Å²) in [4.78, 5) is 10.7. The van der Waals surface area contributed by atoms with Gasteiger partial charge >= 0.3 is 0 Å². The number of carbonyl (C=O) groups excluding carboxylic acids is 1. The largest absolute Gasteiger partial charge is 0.300 e. The molecule has 0 rings (SSSR count). The molecular weight excluding hydrogens is 244 g/mol. The van der Waals surface area contributed by atoms with E-state index in [1.807, 2.05) is 0 Å². The van der Waals surface area contributed by atoms with Crippen molar-refractivity contribution in [1.82, 2.24) is 0 Å². The predicted molar refractivity (Wildman–Crippen MR) is 89.9 cm³/mol. The topological polar surface area (TPSA) is 17.1 Å². The average molecular weight is 274 g/mol. The van der Waals surface area contributed by atoms with Crippen LogP contribution in [0.4, 0.5) is 0 Å². The van der Waals surface area contributed by atoms with E-state index >= 15 is 0 Å². The first-order chi connectivity index (χ1) is 9.77. The normalized spacial score (nSPS) is 12.5. The second-order valence-electron chi connectivity index (χ2n) is 4.96. The summed E-state index contributed by atoms with van der Waals surface area (Å²) in [6, 6.07) is 0. The van der Waals surface area contributed by atoms with E-state index in [0.717, 1.165) is 44.9 Å². The fraction of sp³-hybridized carbons (Fsp3) is 0.526. The Morgan fingerprint density at radius 2 is 1.00 bits per heavy atom. The van der Waals surface area contributed by atoms with Gasteiger partial charge < -0.3 is 4.79 Å². The number of allylic oxidation sites excluding steroid dienone is 8. The van der Waals surface area contributed by atoms with Gasteiger partial charge in [-0.2, -0.15) is 0 Å². The summed E-state index contributed by atoms with van der Waals surface area (Å²) in [5.74, 6) is 0.272. The first-order valence-corrected chi connectivity index (χ1v) is 7.83. The van der Waals surface area contributed by atoms with Gasteiger partial charge in [0, 0.05) is 6.42 Å². The van der Waals surface area contributed by atoms with Crippen LogP contribution in [0, 0.1) is 0 Å². The first-order valence-electron chi connectivity index (χ1n) is 7.83. The van der Waals surface area contributed by atoms with Crippen molar-refractivity contribution in [3.63, 3.8) is 0 Å². The maximum Gasteiger partial charge on any atom is 0.130 e. The summed E-state index contributed by atoms with van der Waals surface area (Å²) in [5.41, 5.74) is 0. The highest BCUT2D eigenvalue weighted by Gasteiger charge is 1.87. The molecule has 0 fully saturated rings. The average Bonchev–Trinajstić information content (AvgIpc) is 2.43. The molecule has 0 aliphatic heterocycles. The van der Waals surface area contributed by atoms with Crippen molar-refractivity contribution in [3.8, 4) is 0 Å². The van der Waals surface area contributed by atoms with Gasteiger partial charge in [0.05, 0.1) is 0 Å². The third-order valence-corrected chi connectivity index (χ3v) is 2.90. The third-order valence-electron chi connectivity index (χ3n) is 2.90. The van der Waals surface area contributed by atoms with Crippen molar-refractivity contribution in [2.45, 2.75) is 65.2 Å². The number of hydrogen-bond acceptors (Lipinski definition) is 1. The highest BCUT2D eigenvalue weighted by atomic mass is 16.1. The molecule has 0 radical (unpaired) electrons. The second kappa shape index (κ2) is 15.7. The summed E-state index contributed by atoms with van der Waals surface area (Å²) >= 11 is 0. The Kier molecular flexibility index (Phi) is 14.6. The van der Waals surface area contributed by atoms with Crippen LogP contribution in [-0.2, 0) is 4.79 Å². The van der Waals surface area contributed by atoms with Crippen LogP contribution >= 0.6 is 0 Å². The van der Waals surface area contributed by atoms with Gasteiger partial charge in [0.2, 0.25) is 0 Å². The molecule has 0 aromatic carbocycles. The number of carbonyl (C=O) groups is 1. The van der Waals surface area contributed by atoms with Crippen molar-refractivity contribution >= 4 is 5.78 Å². The van der Waals surface area contributed by atoms with Gasteiger partial charge in [-0.1, -0.05) is 48.6 Å². The van der Waals surface area contributed by atoms with E-state index in [1.54, 1.807) is 6.92 Å². The van der Waals surface area contributed by atoms with Crippen LogP contribution in [-0.4, -0.2) is 5.78 Å². The third kappa shape index (κ3) is 16.6. The molecule has 0 aromatic rings. The Labute approximate surface area is 125 Å². The van der Waals surface area contributed by atoms with E-state index in [4.69, 9.17) is 0 Å². The number of hydrogen-bond donors (Lipinski definition) is 0. The molecule has 0 atom stereocenters. The van der Waals surface area contributed by atoms with Gasteiger partial charge in [-0.25, -0.2) is 0 Å². The number of unbranched alkanes of at least 4 members (excludes halogenated alkanes) is 3. The Balaban J connectivity index is 3.33. The Morgan fingerprint density at radius 3 is 1.35 bits per heavy atom. The lowest BCUT2D eigenvalue weighted by atomic mass is 10.2. The van der Waals surface area contributed by atoms with Crippen LogP contribution in [0.25, 0.3) is 0 Å². The molecule has 20 heavy (non-hydrogen) atoms. The Bertz CT molecular complexity index is 332. The van der Waals surface area contributed by atoms with Crippen molar-refractivity contribution in [1.29, 1.82) is 0 Å². The van der Waals surface area contributed by atoms with Crippen LogP contribution in [0.5, 0.6) is 0 Å². The smallest absolute Gasteiger partial charge is 0.130 e. The molecule has 0 aliphatic carbocycles. The van der Waals surface area contributed by atoms with Crippen molar-refractivity contribution < 1.29 is 4.79 Å². The molecule has 0 saturated carbocycles. The molecule has 0 aliphatic rings. The van der Waals surface area contributed by atoms with Gasteiger partial charge in [0.1, 0.15) is 5.78 Å². The van der Waals surface area contributed by atoms with E-state index < -0.39 is 0 Å². The zero-order chi connectivity index (χ0) is 14.9. The summed E-state index contributed by atoms with van der Waals surface area (Å²) in [6.07, 6.45) is 26.0. The van der Waals surface area contributed by atoms with E-state index in [-0.39, 0.29) is 5.78 Å². The molecule has 0 N–H and O–H groups in total. The molecule has 1 nitrogen and oxygen atoms in total. The lowest BCUT2D eigenvalue weighted by molar-refractivity contribution is -0.116. The minimum atomic E-state index is 0.272. The summed E-state index contributed by atoms with van der Waals surface area (Å²) in [5, 5.41) is 0. The number of rotatable bonds is 12. The van der Waals surface area contributed by atoms with Crippen molar-refractivity contribution in [2.75, 3.05) is 0 Å². The molecule has 0 bridgehead atoms. The molecule has 0 spiro atoms. The fourth-order valence-corrected chi connectivity index (χ4v) is 1.74. The van der Waals surface area contributed by atoms with Gasteiger partial charge in [0.15, 0.2) is 0 Å². The van der Waals surface area contributed by atoms with Gasteiger partial charge in [-0.3, -0.25) is 0 Å². The van der Waals surface area contributed by atoms with Crippen LogP contribution in [0.3, 0.4) is 0 Å². The second-order valence-corrected chi connectivity index (χ2v) is 4.96. The first kappa shape index (κ1) is 18.6. The lowest BCUT2D eigenvalue weighted by Crippen LogP contribution is -1.86. The minimum Gasteiger partial charge on any atom is -0.300 e. The maximum atomic E-state index is 10.7. The van der Waals surface area contributed by atoms with Gasteiger partial charge in [0.25, 0.3) is 0 Å². The van der Waals surface area contributed by atoms with Crippen molar-refractivity contribution in [2.24, 2.45) is 0 Å². The molecule has 0 saturated heterocycles. The Morgan fingerprint density at radius 1 is 0.650 bits per heavy atom. The standard InChI is InChI=1S/C19H30O/c1-3-4-5-6-7-8-9-10-11-12-13-14-15-16-17-18-19(2)20/h3-4,7-8,11-12,15-16H,5-6,9-10,13-14,17-18H2,1-2H3/b4-3+,8-7+,12-11+,16-15+. The maximum absolute atomic E-state index is 10.7. The predicted octanol–water partition coefficient (Wildman–Crippen LogP) is 5.94. The number of Topliss-reactive ketones (excluding diaryl/α,β-unsaturated/α-hetero) is 1. The fourth-order valence-electron chi connectivity index (χ4n) is 1.74. The van der Waals surface area contributed by atoms with E-state index in [1.165, 1.54) is 0 Å². The SMILES string of the molecule is C/C=C/CC/C=C/CC/C=C/CC/C=C/CCC(C)=O. The van der Waals surface area contributed by atoms with Crippen LogP contribution in [0.15, 0.2) is 48.6 Å². The van der Waals surface area contributed by atoms with Crippen LogP contribution in [0.2, 0.25) is 0 Å². The highest BCUT2D eigenvalue weighted by Crippen LogP contribution is 2.01. The van der Waals surface area contributed by atoms with E-state index in [9.17, 15) is 4.79 Å². The summed E-state index contributed by atoms with van der Waals surface area (Å²) in [6.45, 7) is 3.71. The molecule has 1 heteroatoms. The van der Waals surface area contributed by atoms with Gasteiger partial charge in [-0.15, -0.1) is 0 Å². The molecule has 112 valence electrons. The zero-order valence-electron chi connectivity index (χ0n) is 13.2. The lowest BCUT2D eigenvalue weighted by Gasteiger charge is -1.90. The molecule has 0 amide bonds. The van der Waals surface area contributed by atoms with Gasteiger partial charge in [-0.05, 0) is 58.8 Å². The number of ketones is 1. The Hall–Kier alpha value is -1.37. The molecule has 0 aromatic heterocycles. The van der Waals surface area contributed by atoms with Crippen molar-refractivity contribution in [3.05, 3.63) is 48.6 Å².